The summed E-state index contributed by atoms with van der Waals surface area (Å²) in [6.45, 7) is 2.85. The first kappa shape index (κ1) is 16.4. The average molecular weight is 342 g/mol. The van der Waals surface area contributed by atoms with E-state index in [4.69, 9.17) is 0 Å². The third kappa shape index (κ3) is 3.12. The summed E-state index contributed by atoms with van der Waals surface area (Å²) < 4.78 is 0. The largest absolute Gasteiger partial charge is 0.506 e. The second-order valence-corrected chi connectivity index (χ2v) is 7.70. The van der Waals surface area contributed by atoms with Gasteiger partial charge in [-0.15, -0.1) is 0 Å². The summed E-state index contributed by atoms with van der Waals surface area (Å²) in [5.41, 5.74) is 0.840. The van der Waals surface area contributed by atoms with Crippen molar-refractivity contribution in [1.82, 2.24) is 4.90 Å². The van der Waals surface area contributed by atoms with Crippen LogP contribution in [-0.2, 0) is 9.59 Å². The van der Waals surface area contributed by atoms with Crippen LogP contribution in [0.15, 0.2) is 24.3 Å². The number of Topliss-reactive ketones (excluding diaryl/α,β-unsaturated/α-hetero) is 1. The van der Waals surface area contributed by atoms with Gasteiger partial charge in [-0.3, -0.25) is 9.59 Å². The van der Waals surface area contributed by atoms with Crippen molar-refractivity contribution in [1.29, 1.82) is 0 Å². The SMILES string of the molecule is O=C1[C@H]2CCC[C@H]1CC(C(=O)N1CCN(c3ccccc3O)CC1)C2. The van der Waals surface area contributed by atoms with Gasteiger partial charge in [0, 0.05) is 43.9 Å². The van der Waals surface area contributed by atoms with E-state index in [1.54, 1.807) is 6.07 Å². The maximum absolute atomic E-state index is 12.9. The second kappa shape index (κ2) is 6.70. The summed E-state index contributed by atoms with van der Waals surface area (Å²) in [4.78, 5) is 29.3. The number of ketones is 1. The Morgan fingerprint density at radius 2 is 1.64 bits per heavy atom. The first-order valence-electron chi connectivity index (χ1n) is 9.49. The molecule has 2 bridgehead atoms. The monoisotopic (exact) mass is 342 g/mol. The number of rotatable bonds is 2. The number of hydrogen-bond donors (Lipinski definition) is 1. The van der Waals surface area contributed by atoms with Gasteiger partial charge >= 0.3 is 0 Å². The Morgan fingerprint density at radius 3 is 2.28 bits per heavy atom. The highest BCUT2D eigenvalue weighted by Gasteiger charge is 2.42. The number of anilines is 1. The number of para-hydroxylation sites is 2. The van der Waals surface area contributed by atoms with E-state index in [1.165, 1.54) is 0 Å². The van der Waals surface area contributed by atoms with Crippen LogP contribution in [0, 0.1) is 17.8 Å². The molecule has 1 aliphatic heterocycles. The lowest BCUT2D eigenvalue weighted by molar-refractivity contribution is -0.143. The molecule has 1 amide bonds. The molecule has 1 aromatic carbocycles. The molecule has 5 nitrogen and oxygen atoms in total. The average Bonchev–Trinajstić information content (AvgIpc) is 2.61. The number of fused-ring (bicyclic) bond motifs is 2. The van der Waals surface area contributed by atoms with Crippen molar-refractivity contribution in [2.24, 2.45) is 17.8 Å². The van der Waals surface area contributed by atoms with Crippen LogP contribution in [0.5, 0.6) is 5.75 Å². The van der Waals surface area contributed by atoms with E-state index >= 15 is 0 Å². The smallest absolute Gasteiger partial charge is 0.225 e. The number of piperazine rings is 1. The van der Waals surface area contributed by atoms with Crippen molar-refractivity contribution < 1.29 is 14.7 Å². The molecule has 0 unspecified atom stereocenters. The number of nitrogens with zero attached hydrogens (tertiary/aromatic N) is 2. The van der Waals surface area contributed by atoms with Gasteiger partial charge < -0.3 is 14.9 Å². The van der Waals surface area contributed by atoms with Crippen LogP contribution < -0.4 is 4.90 Å². The Morgan fingerprint density at radius 1 is 1.00 bits per heavy atom. The highest BCUT2D eigenvalue weighted by Crippen LogP contribution is 2.40. The van der Waals surface area contributed by atoms with E-state index in [-0.39, 0.29) is 23.7 Å². The van der Waals surface area contributed by atoms with Gasteiger partial charge in [-0.05, 0) is 37.8 Å². The number of carbonyl (C=O) groups excluding carboxylic acids is 2. The Kier molecular flexibility index (Phi) is 4.40. The minimum Gasteiger partial charge on any atom is -0.506 e. The predicted octanol–water partition coefficient (Wildman–Crippen LogP) is 2.44. The van der Waals surface area contributed by atoms with Crippen molar-refractivity contribution in [3.8, 4) is 5.75 Å². The molecule has 5 heteroatoms. The zero-order valence-corrected chi connectivity index (χ0v) is 14.6. The van der Waals surface area contributed by atoms with Crippen molar-refractivity contribution in [2.45, 2.75) is 32.1 Å². The number of benzene rings is 1. The topological polar surface area (TPSA) is 60.9 Å². The van der Waals surface area contributed by atoms with E-state index in [0.29, 0.717) is 24.6 Å². The molecule has 3 fully saturated rings. The van der Waals surface area contributed by atoms with Crippen LogP contribution in [0.25, 0.3) is 0 Å². The van der Waals surface area contributed by atoms with Crippen molar-refractivity contribution in [3.05, 3.63) is 24.3 Å². The fourth-order valence-corrected chi connectivity index (χ4v) is 4.84. The van der Waals surface area contributed by atoms with Gasteiger partial charge in [0.25, 0.3) is 0 Å². The summed E-state index contributed by atoms with van der Waals surface area (Å²) in [5, 5.41) is 10.0. The lowest BCUT2D eigenvalue weighted by atomic mass is 9.67. The Balaban J connectivity index is 1.37. The zero-order valence-electron chi connectivity index (χ0n) is 14.6. The lowest BCUT2D eigenvalue weighted by Crippen LogP contribution is -2.52. The van der Waals surface area contributed by atoms with Gasteiger partial charge in [0.2, 0.25) is 5.91 Å². The fourth-order valence-electron chi connectivity index (χ4n) is 4.84. The molecule has 2 saturated carbocycles. The molecule has 1 N–H and O–H groups in total. The molecule has 25 heavy (non-hydrogen) atoms. The molecule has 0 spiro atoms. The van der Waals surface area contributed by atoms with E-state index in [0.717, 1.165) is 50.9 Å². The maximum atomic E-state index is 12.9. The molecular weight excluding hydrogens is 316 g/mol. The molecule has 0 radical (unpaired) electrons. The number of aromatic hydroxyl groups is 1. The van der Waals surface area contributed by atoms with E-state index in [1.807, 2.05) is 23.1 Å². The number of phenols is 1. The fraction of sp³-hybridized carbons (Fsp3) is 0.600. The summed E-state index contributed by atoms with van der Waals surface area (Å²) in [5.74, 6) is 1.24. The molecule has 1 saturated heterocycles. The molecular formula is C20H26N2O3. The minimum absolute atomic E-state index is 0.0321. The Labute approximate surface area is 148 Å². The molecule has 1 aromatic rings. The number of amides is 1. The summed E-state index contributed by atoms with van der Waals surface area (Å²) >= 11 is 0. The normalized spacial score (nSPS) is 29.6. The molecule has 134 valence electrons. The number of carbonyl (C=O) groups is 2. The standard InChI is InChI=1S/C20H26N2O3/c23-18-7-2-1-6-17(18)21-8-10-22(11-9-21)20(25)16-12-14-4-3-5-15(13-16)19(14)24/h1-2,6-7,14-16,23H,3-5,8-13H2/t14-,15-/m0/s1. The van der Waals surface area contributed by atoms with Gasteiger partial charge in [-0.2, -0.15) is 0 Å². The van der Waals surface area contributed by atoms with Gasteiger partial charge in [0.05, 0.1) is 5.69 Å². The van der Waals surface area contributed by atoms with Crippen LogP contribution in [-0.4, -0.2) is 47.9 Å². The Hall–Kier alpha value is -2.04. The molecule has 0 aromatic heterocycles. The molecule has 2 aliphatic carbocycles. The zero-order chi connectivity index (χ0) is 17.4. The van der Waals surface area contributed by atoms with Crippen molar-refractivity contribution in [3.63, 3.8) is 0 Å². The van der Waals surface area contributed by atoms with Crippen LogP contribution in [0.2, 0.25) is 0 Å². The van der Waals surface area contributed by atoms with Gasteiger partial charge in [0.1, 0.15) is 11.5 Å². The molecule has 4 rings (SSSR count). The predicted molar refractivity (Wildman–Crippen MR) is 95.5 cm³/mol. The van der Waals surface area contributed by atoms with Gasteiger partial charge in [-0.1, -0.05) is 18.6 Å². The van der Waals surface area contributed by atoms with Crippen LogP contribution in [0.3, 0.4) is 0 Å². The van der Waals surface area contributed by atoms with Crippen LogP contribution >= 0.6 is 0 Å². The quantitative estimate of drug-likeness (QED) is 0.897. The first-order valence-corrected chi connectivity index (χ1v) is 9.49. The summed E-state index contributed by atoms with van der Waals surface area (Å²) in [6, 6.07) is 7.36. The van der Waals surface area contributed by atoms with Crippen LogP contribution in [0.4, 0.5) is 5.69 Å². The third-order valence-corrected chi connectivity index (χ3v) is 6.21. The van der Waals surface area contributed by atoms with Crippen molar-refractivity contribution in [2.75, 3.05) is 31.1 Å². The minimum atomic E-state index is 0.0321. The molecule has 2 atom stereocenters. The van der Waals surface area contributed by atoms with E-state index < -0.39 is 0 Å². The molecule has 3 aliphatic rings. The third-order valence-electron chi connectivity index (χ3n) is 6.21. The van der Waals surface area contributed by atoms with Gasteiger partial charge in [0.15, 0.2) is 0 Å². The molecule has 1 heterocycles. The number of phenolic OH excluding ortho intramolecular Hbond substituents is 1. The second-order valence-electron chi connectivity index (χ2n) is 7.70. The first-order chi connectivity index (χ1) is 12.1. The highest BCUT2D eigenvalue weighted by molar-refractivity contribution is 5.88. The van der Waals surface area contributed by atoms with Crippen molar-refractivity contribution >= 4 is 17.4 Å². The van der Waals surface area contributed by atoms with Crippen LogP contribution in [0.1, 0.15) is 32.1 Å². The van der Waals surface area contributed by atoms with Gasteiger partial charge in [-0.25, -0.2) is 0 Å². The number of hydrogen-bond acceptors (Lipinski definition) is 4. The van der Waals surface area contributed by atoms with E-state index in [9.17, 15) is 14.7 Å². The lowest BCUT2D eigenvalue weighted by Gasteiger charge is -2.41. The summed E-state index contributed by atoms with van der Waals surface area (Å²) in [7, 11) is 0. The summed E-state index contributed by atoms with van der Waals surface area (Å²) in [6.07, 6.45) is 4.60. The Bertz CT molecular complexity index is 651. The highest BCUT2D eigenvalue weighted by atomic mass is 16.3. The van der Waals surface area contributed by atoms with E-state index in [2.05, 4.69) is 4.90 Å². The maximum Gasteiger partial charge on any atom is 0.225 e.